The van der Waals surface area contributed by atoms with Crippen molar-refractivity contribution in [3.8, 4) is 11.8 Å². The summed E-state index contributed by atoms with van der Waals surface area (Å²) in [6.45, 7) is 1.18. The van der Waals surface area contributed by atoms with E-state index in [0.717, 1.165) is 22.5 Å². The van der Waals surface area contributed by atoms with Crippen LogP contribution in [0.15, 0.2) is 71.6 Å². The Kier molecular flexibility index (Phi) is 7.84. The van der Waals surface area contributed by atoms with Crippen LogP contribution in [0.25, 0.3) is 16.5 Å². The van der Waals surface area contributed by atoms with E-state index in [4.69, 9.17) is 19.5 Å². The number of anilines is 1. The van der Waals surface area contributed by atoms with Gasteiger partial charge in [0.1, 0.15) is 24.1 Å². The van der Waals surface area contributed by atoms with Crippen LogP contribution in [-0.4, -0.2) is 66.9 Å². The fourth-order valence-corrected chi connectivity index (χ4v) is 6.08. The molecule has 0 radical (unpaired) electrons. The topological polar surface area (TPSA) is 169 Å². The number of nitrogens with zero attached hydrogens (tertiary/aromatic N) is 3. The number of ether oxygens (including phenoxy) is 3. The Balaban J connectivity index is 1.20. The molecule has 2 amide bonds. The molecular formula is C36H26N4O8. The third-order valence-corrected chi connectivity index (χ3v) is 8.43. The van der Waals surface area contributed by atoms with E-state index in [1.54, 1.807) is 25.3 Å². The number of Topliss-reactive ketones (excluding diaryl/α,β-unsaturated/α-hetero) is 2. The molecule has 7 rings (SSSR count). The highest BCUT2D eigenvalue weighted by Crippen LogP contribution is 2.41. The molecular weight excluding hydrogens is 616 g/mol. The smallest absolute Gasteiger partial charge is 0.266 e. The number of hydrogen-bond donors (Lipinski definition) is 1. The molecule has 1 aliphatic heterocycles. The lowest BCUT2D eigenvalue weighted by molar-refractivity contribution is 0.0544. The van der Waals surface area contributed by atoms with E-state index in [1.807, 2.05) is 24.3 Å². The van der Waals surface area contributed by atoms with E-state index in [-0.39, 0.29) is 69.2 Å². The number of rotatable bonds is 10. The Hall–Kier alpha value is -6.03. The number of imide groups is 1. The highest BCUT2D eigenvalue weighted by Gasteiger charge is 2.46. The van der Waals surface area contributed by atoms with Gasteiger partial charge in [-0.15, -0.1) is 0 Å². The largest absolute Gasteiger partial charge is 0.489 e. The van der Waals surface area contributed by atoms with Gasteiger partial charge in [0.15, 0.2) is 11.6 Å². The molecule has 48 heavy (non-hydrogen) atoms. The highest BCUT2D eigenvalue weighted by molar-refractivity contribution is 6.37. The Labute approximate surface area is 272 Å². The average Bonchev–Trinajstić information content (AvgIpc) is 3.78. The first-order valence-electron chi connectivity index (χ1n) is 15.1. The molecule has 0 saturated heterocycles. The fraction of sp³-hybridized carbons (Fsp3) is 0.194. The maximum absolute atomic E-state index is 13.8. The molecule has 0 fully saturated rings. The molecule has 238 valence electrons. The average molecular weight is 643 g/mol. The van der Waals surface area contributed by atoms with Crippen molar-refractivity contribution in [2.24, 2.45) is 0 Å². The van der Waals surface area contributed by atoms with Crippen LogP contribution >= 0.6 is 0 Å². The second kappa shape index (κ2) is 12.3. The summed E-state index contributed by atoms with van der Waals surface area (Å²) in [5.74, 6) is -4.02. The van der Waals surface area contributed by atoms with Gasteiger partial charge in [0, 0.05) is 18.2 Å². The van der Waals surface area contributed by atoms with Gasteiger partial charge in [-0.2, -0.15) is 5.26 Å². The number of nitriles is 1. The third-order valence-electron chi connectivity index (χ3n) is 8.43. The third kappa shape index (κ3) is 5.11. The number of carbonyl (C=O) groups is 4. The summed E-state index contributed by atoms with van der Waals surface area (Å²) in [6.07, 6.45) is 6.83. The van der Waals surface area contributed by atoms with Crippen LogP contribution in [0.3, 0.4) is 0 Å². The lowest BCUT2D eigenvalue weighted by Gasteiger charge is -2.20. The molecule has 0 saturated carbocycles. The molecule has 1 aromatic heterocycles. The van der Waals surface area contributed by atoms with Crippen LogP contribution in [-0.2, 0) is 9.47 Å². The van der Waals surface area contributed by atoms with Crippen LogP contribution in [0.4, 0.5) is 5.69 Å². The summed E-state index contributed by atoms with van der Waals surface area (Å²) in [7, 11) is 1.57. The number of methoxy groups -OCH3 is 1. The van der Waals surface area contributed by atoms with Gasteiger partial charge in [0.2, 0.25) is 0 Å². The van der Waals surface area contributed by atoms with Crippen molar-refractivity contribution in [2.75, 3.05) is 38.4 Å². The van der Waals surface area contributed by atoms with Crippen molar-refractivity contribution in [3.63, 3.8) is 0 Å². The minimum Gasteiger partial charge on any atom is -0.489 e. The maximum Gasteiger partial charge on any atom is 0.266 e. The fourth-order valence-electron chi connectivity index (χ4n) is 6.08. The van der Waals surface area contributed by atoms with Crippen LogP contribution in [0.5, 0.6) is 5.75 Å². The van der Waals surface area contributed by atoms with Crippen molar-refractivity contribution in [1.82, 2.24) is 9.97 Å². The van der Waals surface area contributed by atoms with Gasteiger partial charge < -0.3 is 19.2 Å². The molecule has 2 aliphatic carbocycles. The molecule has 0 atom stereocenters. The Morgan fingerprint density at radius 1 is 0.896 bits per heavy atom. The molecule has 2 heterocycles. The molecule has 3 aromatic carbocycles. The van der Waals surface area contributed by atoms with Crippen LogP contribution < -0.4 is 15.2 Å². The normalized spacial score (nSPS) is 15.3. The zero-order valence-electron chi connectivity index (χ0n) is 25.6. The van der Waals surface area contributed by atoms with Crippen LogP contribution in [0.1, 0.15) is 70.7 Å². The van der Waals surface area contributed by atoms with Gasteiger partial charge >= 0.3 is 0 Å². The van der Waals surface area contributed by atoms with E-state index in [9.17, 15) is 24.0 Å². The number of amides is 2. The van der Waals surface area contributed by atoms with Gasteiger partial charge in [-0.3, -0.25) is 24.0 Å². The number of aromatic nitrogens is 2. The molecule has 3 aliphatic rings. The number of carbonyl (C=O) groups excluding carboxylic acids is 4. The monoisotopic (exact) mass is 642 g/mol. The number of aromatic amines is 1. The highest BCUT2D eigenvalue weighted by atomic mass is 16.5. The molecule has 12 heteroatoms. The summed E-state index contributed by atoms with van der Waals surface area (Å²) >= 11 is 0. The maximum atomic E-state index is 13.8. The summed E-state index contributed by atoms with van der Waals surface area (Å²) in [5, 5.41) is 9.30. The molecule has 12 nitrogen and oxygen atoms in total. The number of hydrogen-bond acceptors (Lipinski definition) is 10. The van der Waals surface area contributed by atoms with Crippen LogP contribution in [0.2, 0.25) is 0 Å². The van der Waals surface area contributed by atoms with Gasteiger partial charge in [0.05, 0.1) is 59.2 Å². The minimum atomic E-state index is -1.46. The molecule has 0 unspecified atom stereocenters. The number of ketones is 2. The number of allylic oxidation sites excluding steroid dienone is 4. The lowest BCUT2D eigenvalue weighted by atomic mass is 10.0. The van der Waals surface area contributed by atoms with Crippen molar-refractivity contribution >= 4 is 45.5 Å². The SMILES string of the molecule is COCCOCCOc1cc(C2=CCC=C2)ccc1N1C(=O)c2cc3c(cc2C1=O)C(=O)C(c1nc2ccc(C#N)cc2c(=O)[nH]1)C3=O. The van der Waals surface area contributed by atoms with E-state index in [2.05, 4.69) is 9.97 Å². The van der Waals surface area contributed by atoms with E-state index in [0.29, 0.717) is 13.2 Å². The number of nitrogens with one attached hydrogen (secondary N) is 1. The number of H-pyrrole nitrogens is 1. The van der Waals surface area contributed by atoms with Gasteiger partial charge in [-0.1, -0.05) is 24.3 Å². The molecule has 0 spiro atoms. The summed E-state index contributed by atoms with van der Waals surface area (Å²) in [5.41, 5.74) is 1.70. The molecule has 1 N–H and O–H groups in total. The summed E-state index contributed by atoms with van der Waals surface area (Å²) in [4.78, 5) is 75.6. The van der Waals surface area contributed by atoms with Crippen molar-refractivity contribution in [1.29, 1.82) is 5.26 Å². The second-order valence-corrected chi connectivity index (χ2v) is 11.3. The van der Waals surface area contributed by atoms with Gasteiger partial charge in [-0.05, 0) is 60.0 Å². The van der Waals surface area contributed by atoms with Crippen LogP contribution in [0, 0.1) is 11.3 Å². The first-order valence-corrected chi connectivity index (χ1v) is 15.1. The first kappa shape index (κ1) is 30.6. The number of benzene rings is 3. The Morgan fingerprint density at radius 3 is 2.29 bits per heavy atom. The predicted octanol–water partition coefficient (Wildman–Crippen LogP) is 4.14. The first-order chi connectivity index (χ1) is 23.3. The lowest BCUT2D eigenvalue weighted by Crippen LogP contribution is -2.30. The van der Waals surface area contributed by atoms with Crippen molar-refractivity contribution in [2.45, 2.75) is 12.3 Å². The second-order valence-electron chi connectivity index (χ2n) is 11.3. The Bertz CT molecular complexity index is 2190. The zero-order valence-corrected chi connectivity index (χ0v) is 25.6. The quantitative estimate of drug-likeness (QED) is 0.151. The van der Waals surface area contributed by atoms with Gasteiger partial charge in [-0.25, -0.2) is 9.88 Å². The van der Waals surface area contributed by atoms with Crippen molar-refractivity contribution in [3.05, 3.63) is 116 Å². The minimum absolute atomic E-state index is 0.0380. The van der Waals surface area contributed by atoms with Crippen molar-refractivity contribution < 1.29 is 33.4 Å². The molecule has 0 bridgehead atoms. The standard InChI is InChI=1S/C36H26N4O8/c1-46-10-11-47-12-13-48-29-15-21(20-4-2-3-5-20)7-9-28(29)40-35(44)24-16-22-23(17-25(24)36(40)45)32(42)30(31(22)41)33-38-27-8-6-19(18-37)14-26(27)34(43)39-33/h2,4-9,14-17,30H,3,10-13H2,1H3,(H,38,39,43). The van der Waals surface area contributed by atoms with E-state index >= 15 is 0 Å². The predicted molar refractivity (Wildman–Crippen MR) is 172 cm³/mol. The summed E-state index contributed by atoms with van der Waals surface area (Å²) < 4.78 is 16.5. The van der Waals surface area contributed by atoms with E-state index in [1.165, 1.54) is 30.3 Å². The molecule has 4 aromatic rings. The Morgan fingerprint density at radius 2 is 1.62 bits per heavy atom. The van der Waals surface area contributed by atoms with E-state index < -0.39 is 34.9 Å². The zero-order chi connectivity index (χ0) is 33.5. The summed E-state index contributed by atoms with van der Waals surface area (Å²) in [6, 6.07) is 14.0. The number of fused-ring (bicyclic) bond motifs is 3. The van der Waals surface area contributed by atoms with Gasteiger partial charge in [0.25, 0.3) is 17.4 Å².